The summed E-state index contributed by atoms with van der Waals surface area (Å²) in [4.78, 5) is 24.4. The summed E-state index contributed by atoms with van der Waals surface area (Å²) in [5.41, 5.74) is 2.38. The van der Waals surface area contributed by atoms with Crippen LogP contribution in [0.1, 0.15) is 10.4 Å². The van der Waals surface area contributed by atoms with Crippen LogP contribution in [0.3, 0.4) is 0 Å². The van der Waals surface area contributed by atoms with Crippen molar-refractivity contribution in [3.05, 3.63) is 88.4 Å². The molecule has 3 aromatic carbocycles. The normalized spacial score (nSPS) is 10.2. The molecule has 0 aliphatic heterocycles. The monoisotopic (exact) mass is 413 g/mol. The van der Waals surface area contributed by atoms with E-state index in [4.69, 9.17) is 23.2 Å². The molecule has 3 rings (SSSR count). The number of rotatable bonds is 6. The number of anilines is 3. The van der Waals surface area contributed by atoms with Crippen LogP contribution < -0.4 is 16.0 Å². The molecule has 5 nitrogen and oxygen atoms in total. The van der Waals surface area contributed by atoms with Gasteiger partial charge in [0.05, 0.1) is 17.3 Å². The largest absolute Gasteiger partial charge is 0.376 e. The highest BCUT2D eigenvalue weighted by atomic mass is 35.5. The summed E-state index contributed by atoms with van der Waals surface area (Å²) < 4.78 is 0. The van der Waals surface area contributed by atoms with Gasteiger partial charge < -0.3 is 16.0 Å². The fraction of sp³-hybridized carbons (Fsp3) is 0.0476. The number of carbonyl (C=O) groups is 2. The Bertz CT molecular complexity index is 994. The smallest absolute Gasteiger partial charge is 0.255 e. The van der Waals surface area contributed by atoms with E-state index in [2.05, 4.69) is 16.0 Å². The maximum Gasteiger partial charge on any atom is 0.255 e. The summed E-state index contributed by atoms with van der Waals surface area (Å²) in [6.07, 6.45) is 0. The molecule has 7 heteroatoms. The summed E-state index contributed by atoms with van der Waals surface area (Å²) in [7, 11) is 0. The highest BCUT2D eigenvalue weighted by Crippen LogP contribution is 2.25. The number of nitrogens with one attached hydrogen (secondary N) is 3. The van der Waals surface area contributed by atoms with Gasteiger partial charge in [-0.3, -0.25) is 9.59 Å². The standard InChI is InChI=1S/C21H17Cl2N3O2/c22-15-9-10-19(18(23)11-15)26-20(27)13-24-16-7-4-8-17(12-16)25-21(28)14-5-2-1-3-6-14/h1-12,24H,13H2,(H,25,28)(H,26,27). The van der Waals surface area contributed by atoms with E-state index in [9.17, 15) is 9.59 Å². The maximum atomic E-state index is 12.2. The first-order chi connectivity index (χ1) is 13.5. The molecule has 0 spiro atoms. The van der Waals surface area contributed by atoms with E-state index in [1.165, 1.54) is 0 Å². The second-order valence-electron chi connectivity index (χ2n) is 5.93. The van der Waals surface area contributed by atoms with Crippen molar-refractivity contribution in [2.24, 2.45) is 0 Å². The summed E-state index contributed by atoms with van der Waals surface area (Å²) in [5, 5.41) is 9.42. The Morgan fingerprint density at radius 1 is 0.786 bits per heavy atom. The van der Waals surface area contributed by atoms with Gasteiger partial charge in [0, 0.05) is 22.0 Å². The lowest BCUT2D eigenvalue weighted by Gasteiger charge is -2.11. The van der Waals surface area contributed by atoms with Crippen LogP contribution in [0.5, 0.6) is 0 Å². The van der Waals surface area contributed by atoms with Gasteiger partial charge in [-0.25, -0.2) is 0 Å². The molecule has 0 heterocycles. The average molecular weight is 414 g/mol. The van der Waals surface area contributed by atoms with Gasteiger partial charge in [-0.2, -0.15) is 0 Å². The van der Waals surface area contributed by atoms with Crippen molar-refractivity contribution < 1.29 is 9.59 Å². The molecule has 0 unspecified atom stereocenters. The number of amides is 2. The minimum absolute atomic E-state index is 0.0367. The van der Waals surface area contributed by atoms with Crippen LogP contribution in [0.2, 0.25) is 10.0 Å². The van der Waals surface area contributed by atoms with Gasteiger partial charge in [0.15, 0.2) is 0 Å². The molecule has 0 bridgehead atoms. The number of benzene rings is 3. The third-order valence-corrected chi connectivity index (χ3v) is 4.36. The van der Waals surface area contributed by atoms with Crippen LogP contribution in [0.15, 0.2) is 72.8 Å². The Morgan fingerprint density at radius 2 is 1.54 bits per heavy atom. The molecule has 0 atom stereocenters. The zero-order valence-corrected chi connectivity index (χ0v) is 16.2. The highest BCUT2D eigenvalue weighted by molar-refractivity contribution is 6.36. The quantitative estimate of drug-likeness (QED) is 0.513. The minimum atomic E-state index is -0.261. The Kier molecular flexibility index (Phi) is 6.53. The van der Waals surface area contributed by atoms with Crippen LogP contribution in [-0.4, -0.2) is 18.4 Å². The maximum absolute atomic E-state index is 12.2. The van der Waals surface area contributed by atoms with Crippen molar-refractivity contribution in [2.45, 2.75) is 0 Å². The van der Waals surface area contributed by atoms with Crippen molar-refractivity contribution in [2.75, 3.05) is 22.5 Å². The van der Waals surface area contributed by atoms with E-state index in [1.54, 1.807) is 66.7 Å². The van der Waals surface area contributed by atoms with Crippen molar-refractivity contribution in [3.63, 3.8) is 0 Å². The molecule has 3 N–H and O–H groups in total. The van der Waals surface area contributed by atoms with Crippen LogP contribution >= 0.6 is 23.2 Å². The van der Waals surface area contributed by atoms with Crippen LogP contribution in [-0.2, 0) is 4.79 Å². The van der Waals surface area contributed by atoms with Crippen LogP contribution in [0.4, 0.5) is 17.1 Å². The SMILES string of the molecule is O=C(CNc1cccc(NC(=O)c2ccccc2)c1)Nc1ccc(Cl)cc1Cl. The van der Waals surface area contributed by atoms with E-state index in [1.807, 2.05) is 6.07 Å². The first-order valence-corrected chi connectivity index (χ1v) is 9.22. The fourth-order valence-corrected chi connectivity index (χ4v) is 2.92. The molecule has 0 radical (unpaired) electrons. The lowest BCUT2D eigenvalue weighted by molar-refractivity contribution is -0.114. The molecule has 0 saturated carbocycles. The van der Waals surface area contributed by atoms with E-state index in [0.29, 0.717) is 32.7 Å². The van der Waals surface area contributed by atoms with Gasteiger partial charge in [0.1, 0.15) is 0 Å². The molecule has 0 aliphatic rings. The Hall–Kier alpha value is -3.02. The zero-order valence-electron chi connectivity index (χ0n) is 14.7. The lowest BCUT2D eigenvalue weighted by Crippen LogP contribution is -2.22. The molecule has 28 heavy (non-hydrogen) atoms. The van der Waals surface area contributed by atoms with Crippen molar-refractivity contribution >= 4 is 52.1 Å². The van der Waals surface area contributed by atoms with E-state index in [-0.39, 0.29) is 18.4 Å². The van der Waals surface area contributed by atoms with Crippen molar-refractivity contribution in [3.8, 4) is 0 Å². The van der Waals surface area contributed by atoms with E-state index >= 15 is 0 Å². The minimum Gasteiger partial charge on any atom is -0.376 e. The molecule has 0 aromatic heterocycles. The third-order valence-electron chi connectivity index (χ3n) is 3.81. The second kappa shape index (κ2) is 9.26. The second-order valence-corrected chi connectivity index (χ2v) is 6.77. The summed E-state index contributed by atoms with van der Waals surface area (Å²) in [5.74, 6) is -0.462. The lowest BCUT2D eigenvalue weighted by atomic mass is 10.2. The van der Waals surface area contributed by atoms with Gasteiger partial charge in [0.2, 0.25) is 5.91 Å². The molecule has 0 saturated heterocycles. The number of hydrogen-bond acceptors (Lipinski definition) is 3. The molecule has 3 aromatic rings. The number of halogens is 2. The first-order valence-electron chi connectivity index (χ1n) is 8.46. The van der Waals surface area contributed by atoms with Crippen LogP contribution in [0.25, 0.3) is 0 Å². The Balaban J connectivity index is 1.57. The number of carbonyl (C=O) groups excluding carboxylic acids is 2. The summed E-state index contributed by atoms with van der Waals surface area (Å²) in [6.45, 7) is 0.0367. The predicted octanol–water partition coefficient (Wildman–Crippen LogP) is 5.30. The third kappa shape index (κ3) is 5.49. The van der Waals surface area contributed by atoms with Crippen molar-refractivity contribution in [1.82, 2.24) is 0 Å². The van der Waals surface area contributed by atoms with Gasteiger partial charge in [-0.05, 0) is 48.5 Å². The zero-order chi connectivity index (χ0) is 19.9. The first kappa shape index (κ1) is 19.7. The Labute approximate surface area is 172 Å². The molecule has 142 valence electrons. The van der Waals surface area contributed by atoms with Gasteiger partial charge in [-0.15, -0.1) is 0 Å². The highest BCUT2D eigenvalue weighted by Gasteiger charge is 2.08. The van der Waals surface area contributed by atoms with Gasteiger partial charge >= 0.3 is 0 Å². The summed E-state index contributed by atoms with van der Waals surface area (Å²) >= 11 is 11.9. The topological polar surface area (TPSA) is 70.2 Å². The van der Waals surface area contributed by atoms with Gasteiger partial charge in [0.25, 0.3) is 5.91 Å². The molecule has 2 amide bonds. The van der Waals surface area contributed by atoms with E-state index in [0.717, 1.165) is 0 Å². The average Bonchev–Trinajstić information content (AvgIpc) is 2.69. The Morgan fingerprint density at radius 3 is 2.29 bits per heavy atom. The number of hydrogen-bond donors (Lipinski definition) is 3. The molecular weight excluding hydrogens is 397 g/mol. The molecule has 0 fully saturated rings. The van der Waals surface area contributed by atoms with Crippen molar-refractivity contribution in [1.29, 1.82) is 0 Å². The predicted molar refractivity (Wildman–Crippen MR) is 114 cm³/mol. The molecule has 0 aliphatic carbocycles. The summed E-state index contributed by atoms with van der Waals surface area (Å²) in [6, 6.07) is 20.9. The molecular formula is C21H17Cl2N3O2. The van der Waals surface area contributed by atoms with Gasteiger partial charge in [-0.1, -0.05) is 47.5 Å². The van der Waals surface area contributed by atoms with E-state index < -0.39 is 0 Å². The fourth-order valence-electron chi connectivity index (χ4n) is 2.47. The van der Waals surface area contributed by atoms with Crippen LogP contribution in [0, 0.1) is 0 Å².